The minimum absolute atomic E-state index is 0.454. The number of nitrogens with two attached hydrogens (primary N) is 1. The molecule has 0 bridgehead atoms. The molecule has 3 rings (SSSR count). The van der Waals surface area contributed by atoms with E-state index in [4.69, 9.17) is 5.73 Å². The van der Waals surface area contributed by atoms with Gasteiger partial charge in [-0.3, -0.25) is 0 Å². The van der Waals surface area contributed by atoms with E-state index >= 15 is 0 Å². The quantitative estimate of drug-likeness (QED) is 0.740. The third-order valence-corrected chi connectivity index (χ3v) is 4.10. The van der Waals surface area contributed by atoms with Crippen LogP contribution in [0.25, 0.3) is 21.2 Å². The molecule has 96 valence electrons. The molecule has 0 spiro atoms. The second-order valence-electron chi connectivity index (χ2n) is 4.35. The minimum Gasteiger partial charge on any atom is -0.330 e. The Morgan fingerprint density at radius 1 is 1.21 bits per heavy atom. The van der Waals surface area contributed by atoms with E-state index in [1.165, 1.54) is 16.2 Å². The van der Waals surface area contributed by atoms with Gasteiger partial charge in [0.05, 0.1) is 0 Å². The summed E-state index contributed by atoms with van der Waals surface area (Å²) in [5.74, 6) is -0.454. The first kappa shape index (κ1) is 12.3. The predicted molar refractivity (Wildman–Crippen MR) is 77.8 cm³/mol. The highest BCUT2D eigenvalue weighted by Crippen LogP contribution is 2.34. The Morgan fingerprint density at radius 3 is 2.95 bits per heavy atom. The van der Waals surface area contributed by atoms with E-state index in [0.717, 1.165) is 16.7 Å². The molecule has 0 radical (unpaired) electrons. The summed E-state index contributed by atoms with van der Waals surface area (Å²) >= 11 is 1.67. The molecule has 0 fully saturated rings. The number of aromatic nitrogens is 1. The summed E-state index contributed by atoms with van der Waals surface area (Å²) < 4.78 is 14.6. The number of hydrogen-bond donors (Lipinski definition) is 1. The second-order valence-corrected chi connectivity index (χ2v) is 5.26. The topological polar surface area (TPSA) is 38.9 Å². The molecular weight excluding hydrogens is 259 g/mol. The highest BCUT2D eigenvalue weighted by atomic mass is 32.1. The maximum Gasteiger partial charge on any atom is 0.213 e. The van der Waals surface area contributed by atoms with Gasteiger partial charge in [0.25, 0.3) is 0 Å². The molecule has 0 aliphatic rings. The van der Waals surface area contributed by atoms with Crippen molar-refractivity contribution in [3.05, 3.63) is 53.4 Å². The molecule has 0 aliphatic heterocycles. The maximum absolute atomic E-state index is 13.5. The molecule has 0 aliphatic carbocycles. The Bertz CT molecular complexity index is 721. The van der Waals surface area contributed by atoms with Crippen molar-refractivity contribution in [2.45, 2.75) is 6.42 Å². The monoisotopic (exact) mass is 272 g/mol. The van der Waals surface area contributed by atoms with Gasteiger partial charge in [0.15, 0.2) is 0 Å². The van der Waals surface area contributed by atoms with Crippen LogP contribution < -0.4 is 5.73 Å². The second kappa shape index (κ2) is 5.07. The third kappa shape index (κ3) is 2.25. The number of nitrogens with zero attached hydrogens (tertiary/aromatic N) is 1. The Labute approximate surface area is 114 Å². The zero-order valence-electron chi connectivity index (χ0n) is 10.3. The molecule has 2 nitrogen and oxygen atoms in total. The highest BCUT2D eigenvalue weighted by molar-refractivity contribution is 7.17. The number of rotatable bonds is 3. The number of hydrogen-bond acceptors (Lipinski definition) is 3. The van der Waals surface area contributed by atoms with E-state index in [0.29, 0.717) is 13.0 Å². The van der Waals surface area contributed by atoms with Crippen LogP contribution in [-0.4, -0.2) is 11.5 Å². The number of fused-ring (bicyclic) bond motifs is 1. The van der Waals surface area contributed by atoms with Crippen molar-refractivity contribution >= 4 is 21.4 Å². The van der Waals surface area contributed by atoms with Crippen molar-refractivity contribution in [3.63, 3.8) is 0 Å². The fourth-order valence-corrected chi connectivity index (χ4v) is 3.20. The molecular formula is C15H13FN2S. The smallest absolute Gasteiger partial charge is 0.213 e. The van der Waals surface area contributed by atoms with Gasteiger partial charge in [-0.2, -0.15) is 4.39 Å². The number of benzene rings is 1. The lowest BCUT2D eigenvalue weighted by molar-refractivity contribution is 0.583. The number of thiophene rings is 1. The maximum atomic E-state index is 13.5. The molecule has 0 saturated heterocycles. The lowest BCUT2D eigenvalue weighted by Gasteiger charge is -2.09. The first-order valence-corrected chi connectivity index (χ1v) is 6.98. The first-order chi connectivity index (χ1) is 9.29. The van der Waals surface area contributed by atoms with Crippen LogP contribution in [0.2, 0.25) is 0 Å². The summed E-state index contributed by atoms with van der Waals surface area (Å²) in [6, 6.07) is 9.65. The Hall–Kier alpha value is -1.78. The molecule has 2 heterocycles. The van der Waals surface area contributed by atoms with Gasteiger partial charge in [-0.1, -0.05) is 18.2 Å². The highest BCUT2D eigenvalue weighted by Gasteiger charge is 2.11. The van der Waals surface area contributed by atoms with E-state index < -0.39 is 5.95 Å². The average Bonchev–Trinajstić information content (AvgIpc) is 2.89. The van der Waals surface area contributed by atoms with Crippen LogP contribution in [-0.2, 0) is 6.42 Å². The van der Waals surface area contributed by atoms with E-state index in [2.05, 4.69) is 17.1 Å². The molecule has 1 aromatic carbocycles. The van der Waals surface area contributed by atoms with Crippen molar-refractivity contribution in [3.8, 4) is 11.1 Å². The van der Waals surface area contributed by atoms with Crippen LogP contribution in [0.5, 0.6) is 0 Å². The van der Waals surface area contributed by atoms with Crippen LogP contribution >= 0.6 is 11.3 Å². The van der Waals surface area contributed by atoms with Crippen molar-refractivity contribution in [1.29, 1.82) is 0 Å². The van der Waals surface area contributed by atoms with E-state index in [1.54, 1.807) is 17.5 Å². The van der Waals surface area contributed by atoms with Gasteiger partial charge in [-0.15, -0.1) is 11.3 Å². The molecule has 0 atom stereocenters. The third-order valence-electron chi connectivity index (χ3n) is 3.14. The van der Waals surface area contributed by atoms with E-state index in [-0.39, 0.29) is 0 Å². The molecule has 2 N–H and O–H groups in total. The van der Waals surface area contributed by atoms with Crippen LogP contribution in [0.15, 0.2) is 41.9 Å². The van der Waals surface area contributed by atoms with E-state index in [9.17, 15) is 4.39 Å². The SMILES string of the molecule is NCCc1cnc(F)cc1-c1cccc2ccsc12. The summed E-state index contributed by atoms with van der Waals surface area (Å²) in [5, 5.41) is 3.23. The first-order valence-electron chi connectivity index (χ1n) is 6.10. The zero-order valence-corrected chi connectivity index (χ0v) is 11.1. The van der Waals surface area contributed by atoms with Gasteiger partial charge in [0.1, 0.15) is 0 Å². The summed E-state index contributed by atoms with van der Waals surface area (Å²) in [7, 11) is 0. The Kier molecular flexibility index (Phi) is 3.27. The standard InChI is InChI=1S/C15H13FN2S/c16-14-8-13(11(4-6-17)9-18-14)12-3-1-2-10-5-7-19-15(10)12/h1-3,5,7-9H,4,6,17H2. The number of pyridine rings is 1. The minimum atomic E-state index is -0.454. The van der Waals surface area contributed by atoms with Crippen molar-refractivity contribution in [2.24, 2.45) is 5.73 Å². The van der Waals surface area contributed by atoms with Gasteiger partial charge in [0, 0.05) is 17.0 Å². The predicted octanol–water partition coefficient (Wildman–Crippen LogP) is 3.60. The molecule has 19 heavy (non-hydrogen) atoms. The van der Waals surface area contributed by atoms with Gasteiger partial charge in [-0.05, 0) is 46.5 Å². The lowest BCUT2D eigenvalue weighted by Crippen LogP contribution is -2.05. The Balaban J connectivity index is 2.25. The largest absolute Gasteiger partial charge is 0.330 e. The summed E-state index contributed by atoms with van der Waals surface area (Å²) in [6.07, 6.45) is 2.29. The molecule has 4 heteroatoms. The van der Waals surface area contributed by atoms with Gasteiger partial charge < -0.3 is 5.73 Å². The van der Waals surface area contributed by atoms with Gasteiger partial charge in [-0.25, -0.2) is 4.98 Å². The number of halogens is 1. The summed E-state index contributed by atoms with van der Waals surface area (Å²) in [5.41, 5.74) is 8.56. The molecule has 3 aromatic rings. The van der Waals surface area contributed by atoms with Crippen LogP contribution in [0.3, 0.4) is 0 Å². The van der Waals surface area contributed by atoms with Crippen LogP contribution in [0, 0.1) is 5.95 Å². The molecule has 0 saturated carbocycles. The normalized spacial score (nSPS) is 11.1. The summed E-state index contributed by atoms with van der Waals surface area (Å²) in [4.78, 5) is 3.73. The zero-order chi connectivity index (χ0) is 13.2. The molecule has 0 amide bonds. The lowest BCUT2D eigenvalue weighted by atomic mass is 9.99. The summed E-state index contributed by atoms with van der Waals surface area (Å²) in [6.45, 7) is 0.529. The molecule has 2 aromatic heterocycles. The average molecular weight is 272 g/mol. The van der Waals surface area contributed by atoms with Crippen molar-refractivity contribution < 1.29 is 4.39 Å². The van der Waals surface area contributed by atoms with Crippen molar-refractivity contribution in [2.75, 3.05) is 6.54 Å². The Morgan fingerprint density at radius 2 is 2.11 bits per heavy atom. The van der Waals surface area contributed by atoms with Gasteiger partial charge in [0.2, 0.25) is 5.95 Å². The van der Waals surface area contributed by atoms with E-state index in [1.807, 2.05) is 17.5 Å². The fraction of sp³-hybridized carbons (Fsp3) is 0.133. The van der Waals surface area contributed by atoms with Crippen LogP contribution in [0.1, 0.15) is 5.56 Å². The fourth-order valence-electron chi connectivity index (χ4n) is 2.27. The van der Waals surface area contributed by atoms with Crippen molar-refractivity contribution in [1.82, 2.24) is 4.98 Å². The van der Waals surface area contributed by atoms with Gasteiger partial charge >= 0.3 is 0 Å². The van der Waals surface area contributed by atoms with Crippen LogP contribution in [0.4, 0.5) is 4.39 Å². The molecule has 0 unspecified atom stereocenters.